The van der Waals surface area contributed by atoms with Gasteiger partial charge in [0.1, 0.15) is 11.7 Å². The van der Waals surface area contributed by atoms with Crippen LogP contribution in [-0.2, 0) is 35.1 Å². The van der Waals surface area contributed by atoms with E-state index in [9.17, 15) is 34.5 Å². The summed E-state index contributed by atoms with van der Waals surface area (Å²) in [6, 6.07) is 9.66. The van der Waals surface area contributed by atoms with E-state index in [-0.39, 0.29) is 36.9 Å². The van der Waals surface area contributed by atoms with Crippen LogP contribution in [0.1, 0.15) is 51.5 Å². The first-order valence-corrected chi connectivity index (χ1v) is 11.2. The molecule has 1 aromatic rings. The molecule has 33 heavy (non-hydrogen) atoms. The van der Waals surface area contributed by atoms with Crippen LogP contribution in [0.15, 0.2) is 30.3 Å². The molecule has 0 saturated carbocycles. The van der Waals surface area contributed by atoms with Crippen LogP contribution in [0.3, 0.4) is 0 Å². The molecule has 2 fully saturated rings. The minimum Gasteiger partial charge on any atom is -0.481 e. The zero-order valence-corrected chi connectivity index (χ0v) is 18.7. The van der Waals surface area contributed by atoms with Gasteiger partial charge < -0.3 is 24.8 Å². The van der Waals surface area contributed by atoms with Crippen molar-refractivity contribution in [3.8, 4) is 0 Å². The molecule has 6 atom stereocenters. The summed E-state index contributed by atoms with van der Waals surface area (Å²) >= 11 is 0. The van der Waals surface area contributed by atoms with Crippen LogP contribution in [0.25, 0.3) is 0 Å². The second-order valence-corrected chi connectivity index (χ2v) is 9.04. The lowest BCUT2D eigenvalue weighted by Crippen LogP contribution is -2.63. The van der Waals surface area contributed by atoms with E-state index in [1.54, 1.807) is 0 Å². The van der Waals surface area contributed by atoms with E-state index >= 15 is 0 Å². The van der Waals surface area contributed by atoms with Crippen molar-refractivity contribution in [3.05, 3.63) is 35.9 Å². The summed E-state index contributed by atoms with van der Waals surface area (Å²) in [5, 5.41) is 28.9. The van der Waals surface area contributed by atoms with Crippen molar-refractivity contribution in [1.82, 2.24) is 0 Å². The van der Waals surface area contributed by atoms with Gasteiger partial charge in [-0.3, -0.25) is 9.59 Å². The summed E-state index contributed by atoms with van der Waals surface area (Å²) in [5.74, 6) is -8.61. The Morgan fingerprint density at radius 2 is 1.73 bits per heavy atom. The summed E-state index contributed by atoms with van der Waals surface area (Å²) in [5.41, 5.74) is -1.13. The fourth-order valence-electron chi connectivity index (χ4n) is 5.11. The number of fused-ring (bicyclic) bond motifs is 2. The van der Waals surface area contributed by atoms with Crippen molar-refractivity contribution in [3.63, 3.8) is 0 Å². The summed E-state index contributed by atoms with van der Waals surface area (Å²) < 4.78 is 11.4. The number of hydrogen-bond donors (Lipinski definition) is 3. The molecular formula is C24H30O9. The van der Waals surface area contributed by atoms with Gasteiger partial charge >= 0.3 is 17.9 Å². The summed E-state index contributed by atoms with van der Waals surface area (Å²) in [6.07, 6.45) is -0.442. The fourth-order valence-corrected chi connectivity index (χ4v) is 5.11. The SMILES string of the molecule is CCC(CCC12CCC(C(=O)O)(O1)C(C(=O)O)C(C(=O)O)O2)C(=O)C(C)Cc1ccccc1. The van der Waals surface area contributed by atoms with Crippen LogP contribution in [-0.4, -0.2) is 56.5 Å². The lowest BCUT2D eigenvalue weighted by Gasteiger charge is -2.44. The van der Waals surface area contributed by atoms with Crippen LogP contribution in [0.5, 0.6) is 0 Å². The quantitative estimate of drug-likeness (QED) is 0.451. The molecule has 180 valence electrons. The van der Waals surface area contributed by atoms with E-state index in [2.05, 4.69) is 0 Å². The molecule has 0 radical (unpaired) electrons. The third kappa shape index (κ3) is 4.79. The Morgan fingerprint density at radius 1 is 1.06 bits per heavy atom. The van der Waals surface area contributed by atoms with Crippen molar-refractivity contribution >= 4 is 23.7 Å². The Hall–Kier alpha value is -2.78. The Morgan fingerprint density at radius 3 is 2.27 bits per heavy atom. The molecule has 6 unspecified atom stereocenters. The second kappa shape index (κ2) is 9.61. The van der Waals surface area contributed by atoms with Gasteiger partial charge in [-0.15, -0.1) is 0 Å². The molecule has 0 spiro atoms. The molecule has 0 aliphatic carbocycles. The van der Waals surface area contributed by atoms with Gasteiger partial charge in [0, 0.05) is 24.7 Å². The smallest absolute Gasteiger partial charge is 0.337 e. The maximum atomic E-state index is 13.1. The Kier molecular flexibility index (Phi) is 7.23. The zero-order chi connectivity index (χ0) is 24.4. The van der Waals surface area contributed by atoms with E-state index in [0.29, 0.717) is 19.3 Å². The molecule has 0 aromatic heterocycles. The van der Waals surface area contributed by atoms with Crippen LogP contribution in [0, 0.1) is 17.8 Å². The number of Topliss-reactive ketones (excluding diaryl/α,β-unsaturated/α-hetero) is 1. The summed E-state index contributed by atoms with van der Waals surface area (Å²) in [7, 11) is 0. The first-order valence-electron chi connectivity index (χ1n) is 11.2. The number of carboxylic acid groups (broad SMARTS) is 3. The third-order valence-electron chi connectivity index (χ3n) is 6.90. The largest absolute Gasteiger partial charge is 0.481 e. The molecule has 0 amide bonds. The molecule has 2 heterocycles. The van der Waals surface area contributed by atoms with Crippen molar-refractivity contribution in [2.75, 3.05) is 0 Å². The van der Waals surface area contributed by atoms with E-state index in [1.165, 1.54) is 0 Å². The number of hydrogen-bond acceptors (Lipinski definition) is 6. The second-order valence-electron chi connectivity index (χ2n) is 9.04. The van der Waals surface area contributed by atoms with Gasteiger partial charge in [0.15, 0.2) is 17.5 Å². The molecule has 1 aromatic carbocycles. The van der Waals surface area contributed by atoms with E-state index in [1.807, 2.05) is 44.2 Å². The predicted molar refractivity (Wildman–Crippen MR) is 114 cm³/mol. The molecule has 9 heteroatoms. The summed E-state index contributed by atoms with van der Waals surface area (Å²) in [6.45, 7) is 3.75. The van der Waals surface area contributed by atoms with Crippen LogP contribution in [0.2, 0.25) is 0 Å². The average Bonchev–Trinajstić information content (AvgIpc) is 3.08. The molecule has 2 aliphatic heterocycles. The Bertz CT molecular complexity index is 914. The maximum Gasteiger partial charge on any atom is 0.337 e. The highest BCUT2D eigenvalue weighted by Crippen LogP contribution is 2.52. The highest BCUT2D eigenvalue weighted by atomic mass is 16.7. The van der Waals surface area contributed by atoms with Crippen LogP contribution in [0.4, 0.5) is 0 Å². The van der Waals surface area contributed by atoms with Crippen molar-refractivity contribution in [2.24, 2.45) is 17.8 Å². The molecule has 9 nitrogen and oxygen atoms in total. The normalized spacial score (nSPS) is 30.4. The van der Waals surface area contributed by atoms with Crippen LogP contribution >= 0.6 is 0 Å². The van der Waals surface area contributed by atoms with Gasteiger partial charge in [-0.1, -0.05) is 44.2 Å². The van der Waals surface area contributed by atoms with Gasteiger partial charge in [-0.2, -0.15) is 0 Å². The van der Waals surface area contributed by atoms with Crippen molar-refractivity contribution in [2.45, 2.75) is 69.9 Å². The monoisotopic (exact) mass is 462 g/mol. The number of carboxylic acids is 3. The molecular weight excluding hydrogens is 432 g/mol. The van der Waals surface area contributed by atoms with Crippen molar-refractivity contribution < 1.29 is 44.0 Å². The lowest BCUT2D eigenvalue weighted by molar-refractivity contribution is -0.327. The van der Waals surface area contributed by atoms with Crippen molar-refractivity contribution in [1.29, 1.82) is 0 Å². The average molecular weight is 462 g/mol. The highest BCUT2D eigenvalue weighted by molar-refractivity contribution is 5.91. The first-order chi connectivity index (χ1) is 15.5. The number of carbonyl (C=O) groups is 4. The molecule has 3 N–H and O–H groups in total. The minimum absolute atomic E-state index is 0.0387. The van der Waals surface area contributed by atoms with E-state index in [4.69, 9.17) is 9.47 Å². The summed E-state index contributed by atoms with van der Waals surface area (Å²) in [4.78, 5) is 48.7. The molecule has 2 bridgehead atoms. The topological polar surface area (TPSA) is 147 Å². The minimum atomic E-state index is -2.18. The fraction of sp³-hybridized carbons (Fsp3) is 0.583. The number of benzene rings is 1. The van der Waals surface area contributed by atoms with Gasteiger partial charge in [-0.05, 0) is 31.2 Å². The number of aliphatic carboxylic acids is 3. The highest BCUT2D eigenvalue weighted by Gasteiger charge is 2.69. The molecule has 2 saturated heterocycles. The molecule has 3 rings (SSSR count). The number of ketones is 1. The maximum absolute atomic E-state index is 13.1. The van der Waals surface area contributed by atoms with Gasteiger partial charge in [0.25, 0.3) is 0 Å². The van der Waals surface area contributed by atoms with E-state index in [0.717, 1.165) is 5.56 Å². The zero-order valence-electron chi connectivity index (χ0n) is 18.7. The molecule has 2 aliphatic rings. The van der Waals surface area contributed by atoms with E-state index < -0.39 is 41.3 Å². The van der Waals surface area contributed by atoms with Gasteiger partial charge in [0.05, 0.1) is 0 Å². The number of ether oxygens (including phenoxy) is 2. The van der Waals surface area contributed by atoms with Gasteiger partial charge in [-0.25, -0.2) is 9.59 Å². The standard InChI is InChI=1S/C24H30O9/c1-3-16(18(25)14(2)13-15-7-5-4-6-8-15)9-10-23-11-12-24(33-23,22(30)31)17(20(26)27)19(32-23)21(28)29/h4-8,14,16-17,19H,3,9-13H2,1-2H3,(H,26,27)(H,28,29)(H,30,31). The number of carbonyl (C=O) groups excluding carboxylic acids is 1. The lowest BCUT2D eigenvalue weighted by atomic mass is 9.81. The first kappa shape index (κ1) is 24.9. The Balaban J connectivity index is 1.75. The van der Waals surface area contributed by atoms with Crippen LogP contribution < -0.4 is 0 Å². The predicted octanol–water partition coefficient (Wildman–Crippen LogP) is 2.76. The number of rotatable bonds is 11. The Labute approximate surface area is 191 Å². The van der Waals surface area contributed by atoms with Gasteiger partial charge in [0.2, 0.25) is 0 Å². The third-order valence-corrected chi connectivity index (χ3v) is 6.90.